The summed E-state index contributed by atoms with van der Waals surface area (Å²) in [6.07, 6.45) is 3.52. The van der Waals surface area contributed by atoms with E-state index in [-0.39, 0.29) is 0 Å². The van der Waals surface area contributed by atoms with Gasteiger partial charge in [0, 0.05) is 23.1 Å². The molecule has 0 bridgehead atoms. The van der Waals surface area contributed by atoms with Crippen molar-refractivity contribution in [2.75, 3.05) is 5.73 Å². The van der Waals surface area contributed by atoms with Crippen molar-refractivity contribution in [1.29, 1.82) is 0 Å². The monoisotopic (exact) mass is 378 g/mol. The lowest BCUT2D eigenvalue weighted by atomic mass is 10.2. The van der Waals surface area contributed by atoms with Crippen molar-refractivity contribution in [3.63, 3.8) is 0 Å². The zero-order valence-corrected chi connectivity index (χ0v) is 15.4. The Labute approximate surface area is 162 Å². The fraction of sp³-hybridized carbons (Fsp3) is 0.143. The molecule has 0 aliphatic carbocycles. The van der Waals surface area contributed by atoms with Gasteiger partial charge in [0.25, 0.3) is 0 Å². The lowest BCUT2D eigenvalue weighted by Gasteiger charge is -2.12. The SMILES string of the molecule is Nc1ccc(Cl)c(Cn2c(COCc3ccncc3)nc3ccccc32)c1. The summed E-state index contributed by atoms with van der Waals surface area (Å²) in [6.45, 7) is 1.49. The van der Waals surface area contributed by atoms with E-state index in [2.05, 4.69) is 15.6 Å². The number of halogens is 1. The summed E-state index contributed by atoms with van der Waals surface area (Å²) in [4.78, 5) is 8.77. The standard InChI is InChI=1S/C21H19ClN4O/c22-18-6-5-17(23)11-16(18)12-26-20-4-2-1-3-19(20)25-21(26)14-27-13-15-7-9-24-10-8-15/h1-11H,12-14,23H2. The molecule has 6 heteroatoms. The normalized spacial score (nSPS) is 11.1. The third-order valence-corrected chi connectivity index (χ3v) is 4.75. The summed E-state index contributed by atoms with van der Waals surface area (Å²) in [5.41, 5.74) is 10.6. The lowest BCUT2D eigenvalue weighted by Crippen LogP contribution is -2.08. The molecule has 2 aromatic heterocycles. The van der Waals surface area contributed by atoms with Crippen LogP contribution in [-0.2, 0) is 24.5 Å². The van der Waals surface area contributed by atoms with Gasteiger partial charge in [-0.3, -0.25) is 4.98 Å². The maximum Gasteiger partial charge on any atom is 0.136 e. The van der Waals surface area contributed by atoms with Crippen LogP contribution in [0.4, 0.5) is 5.69 Å². The number of rotatable bonds is 6. The Morgan fingerprint density at radius 2 is 1.81 bits per heavy atom. The van der Waals surface area contributed by atoms with Crippen molar-refractivity contribution < 1.29 is 4.74 Å². The van der Waals surface area contributed by atoms with Gasteiger partial charge in [-0.2, -0.15) is 0 Å². The maximum absolute atomic E-state index is 6.37. The molecular formula is C21H19ClN4O. The number of anilines is 1. The molecule has 0 saturated carbocycles. The Kier molecular flexibility index (Phi) is 5.05. The number of benzene rings is 2. The number of fused-ring (bicyclic) bond motifs is 1. The van der Waals surface area contributed by atoms with Gasteiger partial charge >= 0.3 is 0 Å². The van der Waals surface area contributed by atoms with Gasteiger partial charge in [0.05, 0.1) is 24.2 Å². The average molecular weight is 379 g/mol. The van der Waals surface area contributed by atoms with Crippen LogP contribution in [0.5, 0.6) is 0 Å². The molecule has 0 saturated heterocycles. The number of ether oxygens (including phenoxy) is 1. The molecule has 136 valence electrons. The number of pyridine rings is 1. The third kappa shape index (κ3) is 3.94. The van der Waals surface area contributed by atoms with E-state index in [1.165, 1.54) is 0 Å². The molecule has 0 amide bonds. The minimum atomic E-state index is 0.400. The van der Waals surface area contributed by atoms with Gasteiger partial charge in [-0.1, -0.05) is 23.7 Å². The second-order valence-electron chi connectivity index (χ2n) is 6.30. The second kappa shape index (κ2) is 7.78. The summed E-state index contributed by atoms with van der Waals surface area (Å²) < 4.78 is 8.03. The van der Waals surface area contributed by atoms with E-state index in [9.17, 15) is 0 Å². The number of nitrogens with zero attached hydrogens (tertiary/aromatic N) is 3. The van der Waals surface area contributed by atoms with Gasteiger partial charge in [-0.25, -0.2) is 4.98 Å². The first-order valence-corrected chi connectivity index (χ1v) is 9.03. The van der Waals surface area contributed by atoms with Crippen LogP contribution in [0.1, 0.15) is 17.0 Å². The number of aromatic nitrogens is 3. The Balaban J connectivity index is 1.62. The van der Waals surface area contributed by atoms with Crippen LogP contribution < -0.4 is 5.73 Å². The molecule has 2 heterocycles. The summed E-state index contributed by atoms with van der Waals surface area (Å²) >= 11 is 6.37. The molecule has 27 heavy (non-hydrogen) atoms. The van der Waals surface area contributed by atoms with E-state index in [0.717, 1.165) is 28.0 Å². The first kappa shape index (κ1) is 17.5. The number of hydrogen-bond acceptors (Lipinski definition) is 4. The van der Waals surface area contributed by atoms with Crippen LogP contribution in [0.3, 0.4) is 0 Å². The lowest BCUT2D eigenvalue weighted by molar-refractivity contribution is 0.0998. The Morgan fingerprint density at radius 3 is 2.67 bits per heavy atom. The van der Waals surface area contributed by atoms with Gasteiger partial charge in [-0.05, 0) is 53.6 Å². The molecule has 0 spiro atoms. The summed E-state index contributed by atoms with van der Waals surface area (Å²) in [5.74, 6) is 0.851. The number of nitrogen functional groups attached to an aromatic ring is 1. The highest BCUT2D eigenvalue weighted by Crippen LogP contribution is 2.24. The van der Waals surface area contributed by atoms with Gasteiger partial charge in [0.15, 0.2) is 0 Å². The highest BCUT2D eigenvalue weighted by Gasteiger charge is 2.13. The molecule has 2 aromatic carbocycles. The zero-order chi connectivity index (χ0) is 18.6. The number of nitrogens with two attached hydrogens (primary N) is 1. The topological polar surface area (TPSA) is 66.0 Å². The van der Waals surface area contributed by atoms with E-state index >= 15 is 0 Å². The second-order valence-corrected chi connectivity index (χ2v) is 6.71. The van der Waals surface area contributed by atoms with Crippen molar-refractivity contribution in [2.45, 2.75) is 19.8 Å². The molecular weight excluding hydrogens is 360 g/mol. The van der Waals surface area contributed by atoms with E-state index < -0.39 is 0 Å². The fourth-order valence-electron chi connectivity index (χ4n) is 3.04. The van der Waals surface area contributed by atoms with Crippen molar-refractivity contribution >= 4 is 28.3 Å². The van der Waals surface area contributed by atoms with Crippen LogP contribution in [0.15, 0.2) is 67.0 Å². The quantitative estimate of drug-likeness (QED) is 0.504. The van der Waals surface area contributed by atoms with Crippen LogP contribution in [0.2, 0.25) is 5.02 Å². The van der Waals surface area contributed by atoms with E-state index in [1.54, 1.807) is 18.5 Å². The van der Waals surface area contributed by atoms with Crippen molar-refractivity contribution in [3.05, 3.63) is 89.0 Å². The molecule has 0 atom stereocenters. The Hall–Kier alpha value is -2.89. The molecule has 4 rings (SSSR count). The first-order chi connectivity index (χ1) is 13.2. The highest BCUT2D eigenvalue weighted by atomic mass is 35.5. The predicted molar refractivity (Wildman–Crippen MR) is 107 cm³/mol. The summed E-state index contributed by atoms with van der Waals surface area (Å²) in [5, 5.41) is 0.686. The predicted octanol–water partition coefficient (Wildman–Crippen LogP) is 4.43. The fourth-order valence-corrected chi connectivity index (χ4v) is 3.21. The Bertz CT molecular complexity index is 1060. The third-order valence-electron chi connectivity index (χ3n) is 4.38. The van der Waals surface area contributed by atoms with Crippen LogP contribution in [0.25, 0.3) is 11.0 Å². The van der Waals surface area contributed by atoms with Gasteiger partial charge < -0.3 is 15.0 Å². The number of imidazole rings is 1. The van der Waals surface area contributed by atoms with Gasteiger partial charge in [0.2, 0.25) is 0 Å². The van der Waals surface area contributed by atoms with E-state index in [0.29, 0.717) is 30.5 Å². The minimum Gasteiger partial charge on any atom is -0.399 e. The van der Waals surface area contributed by atoms with Gasteiger partial charge in [0.1, 0.15) is 12.4 Å². The van der Waals surface area contributed by atoms with Crippen molar-refractivity contribution in [3.8, 4) is 0 Å². The maximum atomic E-state index is 6.37. The first-order valence-electron chi connectivity index (χ1n) is 8.65. The number of hydrogen-bond donors (Lipinski definition) is 1. The summed E-state index contributed by atoms with van der Waals surface area (Å²) in [7, 11) is 0. The Morgan fingerprint density at radius 1 is 1.00 bits per heavy atom. The van der Waals surface area contributed by atoms with Crippen LogP contribution in [-0.4, -0.2) is 14.5 Å². The van der Waals surface area contributed by atoms with E-state index in [4.69, 9.17) is 27.1 Å². The molecule has 0 radical (unpaired) electrons. The molecule has 2 N–H and O–H groups in total. The van der Waals surface area contributed by atoms with Crippen molar-refractivity contribution in [2.24, 2.45) is 0 Å². The molecule has 0 unspecified atom stereocenters. The molecule has 0 fully saturated rings. The van der Waals surface area contributed by atoms with Crippen LogP contribution >= 0.6 is 11.6 Å². The smallest absolute Gasteiger partial charge is 0.136 e. The van der Waals surface area contributed by atoms with Gasteiger partial charge in [-0.15, -0.1) is 0 Å². The van der Waals surface area contributed by atoms with Crippen molar-refractivity contribution in [1.82, 2.24) is 14.5 Å². The highest BCUT2D eigenvalue weighted by molar-refractivity contribution is 6.31. The number of para-hydroxylation sites is 2. The zero-order valence-electron chi connectivity index (χ0n) is 14.7. The molecule has 4 aromatic rings. The minimum absolute atomic E-state index is 0.400. The average Bonchev–Trinajstić information content (AvgIpc) is 3.03. The summed E-state index contributed by atoms with van der Waals surface area (Å²) in [6, 6.07) is 17.4. The largest absolute Gasteiger partial charge is 0.399 e. The molecule has 0 aliphatic rings. The van der Waals surface area contributed by atoms with Crippen LogP contribution in [0, 0.1) is 0 Å². The van der Waals surface area contributed by atoms with E-state index in [1.807, 2.05) is 42.5 Å². The molecule has 0 aliphatic heterocycles. The molecule has 5 nitrogen and oxygen atoms in total.